The van der Waals surface area contributed by atoms with Crippen molar-refractivity contribution in [1.82, 2.24) is 43.3 Å². The number of benzene rings is 9. The quantitative estimate of drug-likeness (QED) is 0.145. The van der Waals surface area contributed by atoms with Crippen molar-refractivity contribution < 1.29 is 0 Å². The van der Waals surface area contributed by atoms with E-state index in [1.807, 2.05) is 162 Å². The molecule has 0 spiro atoms. The molecule has 0 aliphatic rings. The maximum absolute atomic E-state index is 15.3. The summed E-state index contributed by atoms with van der Waals surface area (Å²) in [6, 6.07) is 75.1. The average Bonchev–Trinajstić information content (AvgIpc) is 3.44. The van der Waals surface area contributed by atoms with Gasteiger partial charge in [0, 0.05) is 78.0 Å². The van der Waals surface area contributed by atoms with Crippen LogP contribution in [0.5, 0.6) is 0 Å². The number of imidazole rings is 1. The summed E-state index contributed by atoms with van der Waals surface area (Å²) in [5, 5.41) is 6.60. The molecule has 9 aromatic carbocycles. The molecule has 0 N–H and O–H groups in total. The Morgan fingerprint density at radius 3 is 1.56 bits per heavy atom. The lowest BCUT2D eigenvalue weighted by molar-refractivity contribution is 1.07. The van der Waals surface area contributed by atoms with E-state index in [-0.39, 0.29) is 11.1 Å². The van der Waals surface area contributed by atoms with Crippen molar-refractivity contribution in [1.29, 1.82) is 0 Å². The number of rotatable bonds is 7. The zero-order valence-electron chi connectivity index (χ0n) is 42.9. The molecule has 0 aliphatic heterocycles. The first kappa shape index (κ1) is 44.8. The Morgan fingerprint density at radius 1 is 0.321 bits per heavy atom. The van der Waals surface area contributed by atoms with Crippen LogP contribution in [0.15, 0.2) is 246 Å². The van der Waals surface area contributed by atoms with Crippen LogP contribution in [0.1, 0.15) is 0 Å². The van der Waals surface area contributed by atoms with Crippen LogP contribution in [-0.2, 0) is 0 Å². The van der Waals surface area contributed by atoms with Crippen molar-refractivity contribution in [2.45, 2.75) is 0 Å². The van der Waals surface area contributed by atoms with Crippen LogP contribution in [-0.4, -0.2) is 43.3 Å². The molecule has 0 aliphatic carbocycles. The predicted molar refractivity (Wildman–Crippen MR) is 325 cm³/mol. The van der Waals surface area contributed by atoms with Gasteiger partial charge in [0.2, 0.25) is 0 Å². The molecule has 8 heterocycles. The molecule has 0 bridgehead atoms. The van der Waals surface area contributed by atoms with Crippen molar-refractivity contribution in [3.8, 4) is 73.5 Å². The molecule has 11 heteroatoms. The zero-order valence-corrected chi connectivity index (χ0v) is 42.9. The fourth-order valence-corrected chi connectivity index (χ4v) is 12.4. The number of aromatic nitrogens is 9. The van der Waals surface area contributed by atoms with Gasteiger partial charge in [-0.2, -0.15) is 0 Å². The van der Waals surface area contributed by atoms with Gasteiger partial charge in [-0.15, -0.1) is 0 Å². The highest BCUT2D eigenvalue weighted by Crippen LogP contribution is 2.40. The molecule has 0 atom stereocenters. The first-order chi connectivity index (χ1) is 40.0. The van der Waals surface area contributed by atoms with E-state index in [0.29, 0.717) is 28.2 Å². The molecule has 17 aromatic rings. The van der Waals surface area contributed by atoms with Crippen molar-refractivity contribution in [2.75, 3.05) is 0 Å². The highest BCUT2D eigenvalue weighted by atomic mass is 16.1. The Hall–Kier alpha value is -11.3. The summed E-state index contributed by atoms with van der Waals surface area (Å²) in [6.45, 7) is 0. The van der Waals surface area contributed by atoms with Crippen LogP contribution in [0.2, 0.25) is 0 Å². The minimum Gasteiger partial charge on any atom is -0.292 e. The zero-order chi connectivity index (χ0) is 53.4. The van der Waals surface area contributed by atoms with Crippen LogP contribution < -0.4 is 11.1 Å². The summed E-state index contributed by atoms with van der Waals surface area (Å²) in [5.41, 5.74) is 14.8. The normalized spacial score (nSPS) is 12.0. The average molecular weight is 1040 g/mol. The third-order valence-electron chi connectivity index (χ3n) is 16.1. The molecule has 81 heavy (non-hydrogen) atoms. The van der Waals surface area contributed by atoms with E-state index in [2.05, 4.69) is 77.4 Å². The third kappa shape index (κ3) is 6.63. The molecule has 0 fully saturated rings. The molecule has 376 valence electrons. The van der Waals surface area contributed by atoms with E-state index in [1.54, 1.807) is 10.6 Å². The lowest BCUT2D eigenvalue weighted by Crippen LogP contribution is -2.14. The Balaban J connectivity index is 0.753. The molecule has 11 nitrogen and oxygen atoms in total. The maximum atomic E-state index is 15.3. The van der Waals surface area contributed by atoms with Crippen LogP contribution in [0.3, 0.4) is 0 Å². The molecule has 0 radical (unpaired) electrons. The SMILES string of the molecule is O=c1c2ccccc2c2nccc3c4cc(-c5nc(-c6ccccc6)nc(-c6ccc(-c7cccc8c7c(=O)n7c9ccc(-c%10ccc(-c%11nc%12ccccc%12n%11-c%11ccccc%11)cc%10)cc9c9ccnc8c97)cc6)n5)ccc4n1c32. The lowest BCUT2D eigenvalue weighted by atomic mass is 9.97. The Bertz CT molecular complexity index is 5560. The summed E-state index contributed by atoms with van der Waals surface area (Å²) in [5.74, 6) is 2.39. The number of para-hydroxylation sites is 3. The second-order valence-electron chi connectivity index (χ2n) is 20.6. The molecule has 0 saturated carbocycles. The topological polar surface area (TPSA) is 125 Å². The van der Waals surface area contributed by atoms with E-state index in [9.17, 15) is 4.79 Å². The standard InChI is InChI=1S/C70H39N9O2/c80-69-52-17-8-7-16-49(52)61-63-51(34-36-71-61)55-39-46(31-33-57(55)78(63)69)67-75-65(42-12-3-1-4-13-42)74-66(76-67)43-26-24-41(25-27-43)48-18-11-19-53-60(48)70(81)79-58-32-30-45(38-54(58)50-35-37-72-62(53)64(50)79)40-22-28-44(29-23-40)68-73-56-20-9-10-21-59(56)77(68)47-14-5-2-6-15-47/h1-39H. The second kappa shape index (κ2) is 17.1. The van der Waals surface area contributed by atoms with E-state index < -0.39 is 0 Å². The Labute approximate surface area is 459 Å². The van der Waals surface area contributed by atoms with Gasteiger partial charge in [-0.1, -0.05) is 152 Å². The monoisotopic (exact) mass is 1040 g/mol. The number of hydrogen-bond donors (Lipinski definition) is 0. The number of fused-ring (bicyclic) bond motifs is 11. The molecular formula is C70H39N9O2. The first-order valence-electron chi connectivity index (χ1n) is 26.8. The van der Waals surface area contributed by atoms with Crippen LogP contribution >= 0.6 is 0 Å². The summed E-state index contributed by atoms with van der Waals surface area (Å²) < 4.78 is 5.84. The van der Waals surface area contributed by atoms with Crippen molar-refractivity contribution in [3.63, 3.8) is 0 Å². The van der Waals surface area contributed by atoms with Gasteiger partial charge in [0.25, 0.3) is 11.1 Å². The largest absolute Gasteiger partial charge is 0.292 e. The van der Waals surface area contributed by atoms with E-state index in [0.717, 1.165) is 132 Å². The molecule has 17 rings (SSSR count). The van der Waals surface area contributed by atoms with Gasteiger partial charge in [-0.25, -0.2) is 19.9 Å². The molecule has 0 unspecified atom stereocenters. The summed E-state index contributed by atoms with van der Waals surface area (Å²) in [7, 11) is 0. The summed E-state index contributed by atoms with van der Waals surface area (Å²) in [4.78, 5) is 59.4. The molecule has 0 saturated heterocycles. The first-order valence-corrected chi connectivity index (χ1v) is 26.8. The van der Waals surface area contributed by atoms with Crippen molar-refractivity contribution in [3.05, 3.63) is 258 Å². The highest BCUT2D eigenvalue weighted by molar-refractivity contribution is 6.21. The summed E-state index contributed by atoms with van der Waals surface area (Å²) in [6.07, 6.45) is 3.65. The van der Waals surface area contributed by atoms with Crippen LogP contribution in [0.25, 0.3) is 161 Å². The van der Waals surface area contributed by atoms with Crippen molar-refractivity contribution >= 4 is 87.2 Å². The van der Waals surface area contributed by atoms with Gasteiger partial charge < -0.3 is 0 Å². The van der Waals surface area contributed by atoms with Gasteiger partial charge in [0.05, 0.1) is 49.5 Å². The smallest absolute Gasteiger partial charge is 0.264 e. The maximum Gasteiger partial charge on any atom is 0.264 e. The van der Waals surface area contributed by atoms with Gasteiger partial charge >= 0.3 is 0 Å². The highest BCUT2D eigenvalue weighted by Gasteiger charge is 2.23. The van der Waals surface area contributed by atoms with Gasteiger partial charge in [0.1, 0.15) is 5.82 Å². The van der Waals surface area contributed by atoms with Crippen LogP contribution in [0.4, 0.5) is 0 Å². The molecule has 0 amide bonds. The van der Waals surface area contributed by atoms with Crippen LogP contribution in [0, 0.1) is 0 Å². The number of hydrogen-bond acceptors (Lipinski definition) is 8. The number of pyridine rings is 4. The van der Waals surface area contributed by atoms with Gasteiger partial charge in [-0.3, -0.25) is 32.9 Å². The minimum atomic E-state index is -0.110. The van der Waals surface area contributed by atoms with E-state index in [1.165, 1.54) is 0 Å². The number of nitrogens with zero attached hydrogens (tertiary/aromatic N) is 9. The van der Waals surface area contributed by atoms with E-state index in [4.69, 9.17) is 29.9 Å². The second-order valence-corrected chi connectivity index (χ2v) is 20.6. The minimum absolute atomic E-state index is 0.0828. The van der Waals surface area contributed by atoms with Gasteiger partial charge in [-0.05, 0) is 95.1 Å². The van der Waals surface area contributed by atoms with Gasteiger partial charge in [0.15, 0.2) is 17.5 Å². The van der Waals surface area contributed by atoms with Crippen molar-refractivity contribution in [2.24, 2.45) is 0 Å². The molecular weight excluding hydrogens is 999 g/mol. The Morgan fingerprint density at radius 2 is 0.840 bits per heavy atom. The predicted octanol–water partition coefficient (Wildman–Crippen LogP) is 15.0. The van der Waals surface area contributed by atoms with E-state index >= 15 is 4.79 Å². The molecule has 8 aromatic heterocycles. The fourth-order valence-electron chi connectivity index (χ4n) is 12.4. The Kier molecular flexibility index (Phi) is 9.46. The lowest BCUT2D eigenvalue weighted by Gasteiger charge is -2.11. The summed E-state index contributed by atoms with van der Waals surface area (Å²) >= 11 is 0. The third-order valence-corrected chi connectivity index (χ3v) is 16.1. The fraction of sp³-hybridized carbons (Fsp3) is 0.